The highest BCUT2D eigenvalue weighted by Crippen LogP contribution is 2.22. The molecular weight excluding hydrogens is 270 g/mol. The van der Waals surface area contributed by atoms with Gasteiger partial charge in [-0.3, -0.25) is 14.5 Å². The molecule has 21 heavy (non-hydrogen) atoms. The standard InChI is InChI=1S/C15H27N3O3/c1-11(2)10-17-6-3-12(4-7-17)18-8-5-16-15(21)13(18)9-14(19)20/h11-13H,3-10H2,1-2H3,(H,16,21)(H,19,20). The van der Waals surface area contributed by atoms with E-state index in [1.54, 1.807) is 0 Å². The summed E-state index contributed by atoms with van der Waals surface area (Å²) in [5.74, 6) is -0.366. The van der Waals surface area contributed by atoms with E-state index in [1.165, 1.54) is 0 Å². The average molecular weight is 297 g/mol. The zero-order valence-electron chi connectivity index (χ0n) is 13.0. The number of hydrogen-bond acceptors (Lipinski definition) is 4. The molecule has 1 unspecified atom stereocenters. The van der Waals surface area contributed by atoms with Gasteiger partial charge in [-0.05, 0) is 31.8 Å². The predicted octanol–water partition coefficient (Wildman–Crippen LogP) is 0.382. The molecule has 6 heteroatoms. The number of carboxylic acids is 1. The van der Waals surface area contributed by atoms with Gasteiger partial charge in [0, 0.05) is 25.7 Å². The largest absolute Gasteiger partial charge is 0.481 e. The van der Waals surface area contributed by atoms with Gasteiger partial charge < -0.3 is 15.3 Å². The Morgan fingerprint density at radius 3 is 2.57 bits per heavy atom. The number of carboxylic acid groups (broad SMARTS) is 1. The quantitative estimate of drug-likeness (QED) is 0.767. The minimum absolute atomic E-state index is 0.0992. The molecule has 1 atom stereocenters. The topological polar surface area (TPSA) is 72.9 Å². The zero-order chi connectivity index (χ0) is 15.4. The maximum Gasteiger partial charge on any atom is 0.305 e. The summed E-state index contributed by atoms with van der Waals surface area (Å²) in [7, 11) is 0. The highest BCUT2D eigenvalue weighted by atomic mass is 16.4. The summed E-state index contributed by atoms with van der Waals surface area (Å²) in [5.41, 5.74) is 0. The minimum atomic E-state index is -0.903. The first-order chi connectivity index (χ1) is 9.97. The fraction of sp³-hybridized carbons (Fsp3) is 0.867. The molecule has 2 fully saturated rings. The zero-order valence-corrected chi connectivity index (χ0v) is 13.0. The average Bonchev–Trinajstić information content (AvgIpc) is 2.41. The fourth-order valence-corrected chi connectivity index (χ4v) is 3.49. The lowest BCUT2D eigenvalue weighted by molar-refractivity contribution is -0.144. The van der Waals surface area contributed by atoms with Crippen LogP contribution in [-0.2, 0) is 9.59 Å². The Hall–Kier alpha value is -1.14. The van der Waals surface area contributed by atoms with Crippen LogP contribution in [-0.4, -0.2) is 71.6 Å². The molecule has 0 radical (unpaired) electrons. The highest BCUT2D eigenvalue weighted by Gasteiger charge is 2.36. The molecule has 0 saturated carbocycles. The number of aliphatic carboxylic acids is 1. The molecule has 0 aliphatic carbocycles. The SMILES string of the molecule is CC(C)CN1CCC(N2CCNC(=O)C2CC(=O)O)CC1. The predicted molar refractivity (Wildman–Crippen MR) is 80.1 cm³/mol. The number of carbonyl (C=O) groups excluding carboxylic acids is 1. The van der Waals surface area contributed by atoms with Gasteiger partial charge in [-0.2, -0.15) is 0 Å². The van der Waals surface area contributed by atoms with Crippen LogP contribution >= 0.6 is 0 Å². The second-order valence-electron chi connectivity index (χ2n) is 6.57. The van der Waals surface area contributed by atoms with Gasteiger partial charge in [0.05, 0.1) is 12.5 Å². The van der Waals surface area contributed by atoms with Crippen molar-refractivity contribution in [3.8, 4) is 0 Å². The Balaban J connectivity index is 1.93. The monoisotopic (exact) mass is 297 g/mol. The third kappa shape index (κ3) is 4.41. The molecule has 6 nitrogen and oxygen atoms in total. The summed E-state index contributed by atoms with van der Waals surface area (Å²) < 4.78 is 0. The molecule has 2 aliphatic rings. The van der Waals surface area contributed by atoms with Crippen LogP contribution in [0.3, 0.4) is 0 Å². The Bertz CT molecular complexity index is 378. The van der Waals surface area contributed by atoms with E-state index in [2.05, 4.69) is 29.0 Å². The van der Waals surface area contributed by atoms with Crippen molar-refractivity contribution in [1.82, 2.24) is 15.1 Å². The van der Waals surface area contributed by atoms with Crippen molar-refractivity contribution in [2.45, 2.75) is 45.2 Å². The summed E-state index contributed by atoms with van der Waals surface area (Å²) >= 11 is 0. The molecule has 0 spiro atoms. The van der Waals surface area contributed by atoms with Gasteiger partial charge in [0.25, 0.3) is 0 Å². The van der Waals surface area contributed by atoms with Crippen molar-refractivity contribution in [2.24, 2.45) is 5.92 Å². The van der Waals surface area contributed by atoms with Gasteiger partial charge >= 0.3 is 5.97 Å². The van der Waals surface area contributed by atoms with E-state index < -0.39 is 12.0 Å². The van der Waals surface area contributed by atoms with Crippen LogP contribution < -0.4 is 5.32 Å². The summed E-state index contributed by atoms with van der Waals surface area (Å²) in [6.45, 7) is 9.04. The first kappa shape index (κ1) is 16.2. The first-order valence-corrected chi connectivity index (χ1v) is 7.95. The molecule has 120 valence electrons. The molecule has 1 amide bonds. The second kappa shape index (κ2) is 7.22. The number of amides is 1. The van der Waals surface area contributed by atoms with Crippen molar-refractivity contribution in [3.63, 3.8) is 0 Å². The molecule has 0 aromatic carbocycles. The number of likely N-dealkylation sites (tertiary alicyclic amines) is 1. The Morgan fingerprint density at radius 1 is 1.33 bits per heavy atom. The van der Waals surface area contributed by atoms with Crippen molar-refractivity contribution in [3.05, 3.63) is 0 Å². The van der Waals surface area contributed by atoms with Crippen LogP contribution in [0.15, 0.2) is 0 Å². The first-order valence-electron chi connectivity index (χ1n) is 7.95. The summed E-state index contributed by atoms with van der Waals surface area (Å²) in [4.78, 5) is 27.6. The van der Waals surface area contributed by atoms with E-state index in [-0.39, 0.29) is 12.3 Å². The molecule has 2 saturated heterocycles. The molecule has 0 bridgehead atoms. The molecule has 0 aromatic rings. The summed E-state index contributed by atoms with van der Waals surface area (Å²) in [5, 5.41) is 11.8. The summed E-state index contributed by atoms with van der Waals surface area (Å²) in [6.07, 6.45) is 1.95. The number of nitrogens with zero attached hydrogens (tertiary/aromatic N) is 2. The van der Waals surface area contributed by atoms with E-state index in [4.69, 9.17) is 5.11 Å². The van der Waals surface area contributed by atoms with Crippen molar-refractivity contribution < 1.29 is 14.7 Å². The van der Waals surface area contributed by atoms with Crippen LogP contribution in [0, 0.1) is 5.92 Å². The van der Waals surface area contributed by atoms with Gasteiger partial charge in [0.1, 0.15) is 0 Å². The number of carbonyl (C=O) groups is 2. The summed E-state index contributed by atoms with van der Waals surface area (Å²) in [6, 6.07) is -0.165. The van der Waals surface area contributed by atoms with Gasteiger partial charge in [0.2, 0.25) is 5.91 Å². The van der Waals surface area contributed by atoms with E-state index >= 15 is 0 Å². The molecule has 2 rings (SSSR count). The number of rotatable bonds is 5. The Kier molecular flexibility index (Phi) is 5.58. The van der Waals surface area contributed by atoms with E-state index in [1.807, 2.05) is 0 Å². The molecule has 2 heterocycles. The van der Waals surface area contributed by atoms with Crippen molar-refractivity contribution >= 4 is 11.9 Å². The van der Waals surface area contributed by atoms with E-state index in [0.29, 0.717) is 18.5 Å². The minimum Gasteiger partial charge on any atom is -0.481 e. The van der Waals surface area contributed by atoms with E-state index in [9.17, 15) is 9.59 Å². The number of piperidine rings is 1. The highest BCUT2D eigenvalue weighted by molar-refractivity contribution is 5.86. The molecular formula is C15H27N3O3. The lowest BCUT2D eigenvalue weighted by Gasteiger charge is -2.43. The van der Waals surface area contributed by atoms with Crippen molar-refractivity contribution in [1.29, 1.82) is 0 Å². The Morgan fingerprint density at radius 2 is 2.00 bits per heavy atom. The van der Waals surface area contributed by atoms with Crippen LogP contribution in [0.1, 0.15) is 33.1 Å². The Labute approximate surface area is 126 Å². The smallest absolute Gasteiger partial charge is 0.305 e. The number of nitrogens with one attached hydrogen (secondary N) is 1. The molecule has 2 aliphatic heterocycles. The number of piperazine rings is 1. The fourth-order valence-electron chi connectivity index (χ4n) is 3.49. The van der Waals surface area contributed by atoms with Crippen molar-refractivity contribution in [2.75, 3.05) is 32.7 Å². The van der Waals surface area contributed by atoms with E-state index in [0.717, 1.165) is 39.0 Å². The van der Waals surface area contributed by atoms with Gasteiger partial charge in [-0.15, -0.1) is 0 Å². The second-order valence-corrected chi connectivity index (χ2v) is 6.57. The van der Waals surface area contributed by atoms with Crippen LogP contribution in [0.2, 0.25) is 0 Å². The molecule has 2 N–H and O–H groups in total. The van der Waals surface area contributed by atoms with Crippen LogP contribution in [0.5, 0.6) is 0 Å². The third-order valence-electron chi connectivity index (χ3n) is 4.39. The van der Waals surface area contributed by atoms with Gasteiger partial charge in [-0.1, -0.05) is 13.8 Å². The van der Waals surface area contributed by atoms with Crippen LogP contribution in [0.4, 0.5) is 0 Å². The number of hydrogen-bond donors (Lipinski definition) is 2. The third-order valence-corrected chi connectivity index (χ3v) is 4.39. The lowest BCUT2D eigenvalue weighted by atomic mass is 9.97. The maximum atomic E-state index is 12.0. The van der Waals surface area contributed by atoms with Crippen LogP contribution in [0.25, 0.3) is 0 Å². The maximum absolute atomic E-state index is 12.0. The lowest BCUT2D eigenvalue weighted by Crippen LogP contribution is -2.60. The normalized spacial score (nSPS) is 26.0. The van der Waals surface area contributed by atoms with Gasteiger partial charge in [0.15, 0.2) is 0 Å². The molecule has 0 aromatic heterocycles. The van der Waals surface area contributed by atoms with Gasteiger partial charge in [-0.25, -0.2) is 0 Å².